The fraction of sp³-hybridized carbons (Fsp3) is 0. The van der Waals surface area contributed by atoms with Crippen molar-refractivity contribution in [3.05, 3.63) is 36.0 Å². The van der Waals surface area contributed by atoms with Crippen molar-refractivity contribution in [3.63, 3.8) is 0 Å². The summed E-state index contributed by atoms with van der Waals surface area (Å²) in [5.74, 6) is 0. The average Bonchev–Trinajstić information content (AvgIpc) is 2.07. The van der Waals surface area contributed by atoms with Gasteiger partial charge in [0.1, 0.15) is 5.03 Å². The van der Waals surface area contributed by atoms with Gasteiger partial charge in [-0.1, -0.05) is 16.9 Å². The molecule has 0 unspecified atom stereocenters. The first kappa shape index (κ1) is 8.49. The van der Waals surface area contributed by atoms with E-state index in [1.807, 2.05) is 23.6 Å². The molecule has 0 aliphatic carbocycles. The Labute approximate surface area is 73.7 Å². The minimum atomic E-state index is 0.996. The molecule has 4 heteroatoms. The molecule has 0 aromatic carbocycles. The molecule has 2 N–H and O–H groups in total. The SMILES string of the molecule is NC=CSSc1ccccn1. The van der Waals surface area contributed by atoms with Crippen molar-refractivity contribution in [2.75, 3.05) is 0 Å². The van der Waals surface area contributed by atoms with E-state index in [4.69, 9.17) is 5.73 Å². The molecule has 0 fully saturated rings. The first-order valence-corrected chi connectivity index (χ1v) is 5.26. The lowest BCUT2D eigenvalue weighted by atomic mass is 10.5. The fourth-order valence-corrected chi connectivity index (χ4v) is 1.91. The quantitative estimate of drug-likeness (QED) is 0.731. The van der Waals surface area contributed by atoms with E-state index in [-0.39, 0.29) is 0 Å². The van der Waals surface area contributed by atoms with Gasteiger partial charge in [0, 0.05) is 12.4 Å². The smallest absolute Gasteiger partial charge is 0.107 e. The first-order valence-electron chi connectivity index (χ1n) is 3.04. The van der Waals surface area contributed by atoms with Gasteiger partial charge < -0.3 is 5.73 Å². The Hall–Kier alpha value is -0.610. The van der Waals surface area contributed by atoms with E-state index in [1.165, 1.54) is 6.20 Å². The van der Waals surface area contributed by atoms with Crippen LogP contribution >= 0.6 is 21.6 Å². The summed E-state index contributed by atoms with van der Waals surface area (Å²) in [7, 11) is 3.14. The zero-order valence-electron chi connectivity index (χ0n) is 5.81. The van der Waals surface area contributed by atoms with Gasteiger partial charge >= 0.3 is 0 Å². The number of nitrogens with zero attached hydrogens (tertiary/aromatic N) is 1. The fourth-order valence-electron chi connectivity index (χ4n) is 0.506. The van der Waals surface area contributed by atoms with Crippen LogP contribution in [0.25, 0.3) is 0 Å². The van der Waals surface area contributed by atoms with E-state index in [1.54, 1.807) is 27.8 Å². The Morgan fingerprint density at radius 2 is 2.36 bits per heavy atom. The van der Waals surface area contributed by atoms with Crippen LogP contribution in [0.2, 0.25) is 0 Å². The van der Waals surface area contributed by atoms with Crippen molar-refractivity contribution in [2.45, 2.75) is 5.03 Å². The molecule has 0 aliphatic heterocycles. The maximum Gasteiger partial charge on any atom is 0.107 e. The highest BCUT2D eigenvalue weighted by atomic mass is 33.1. The molecular weight excluding hydrogens is 176 g/mol. The molecule has 0 amide bonds. The lowest BCUT2D eigenvalue weighted by molar-refractivity contribution is 1.14. The number of rotatable bonds is 3. The summed E-state index contributed by atoms with van der Waals surface area (Å²) in [5.41, 5.74) is 5.16. The van der Waals surface area contributed by atoms with E-state index < -0.39 is 0 Å². The van der Waals surface area contributed by atoms with Gasteiger partial charge in [0.05, 0.1) is 0 Å². The highest BCUT2D eigenvalue weighted by Gasteiger charge is 1.89. The molecule has 1 aromatic heterocycles. The van der Waals surface area contributed by atoms with Crippen LogP contribution < -0.4 is 5.73 Å². The zero-order valence-corrected chi connectivity index (χ0v) is 7.44. The number of aromatic nitrogens is 1. The Balaban J connectivity index is 2.39. The van der Waals surface area contributed by atoms with Crippen LogP contribution in [-0.4, -0.2) is 4.98 Å². The lowest BCUT2D eigenvalue weighted by Gasteiger charge is -1.92. The van der Waals surface area contributed by atoms with Crippen molar-refractivity contribution < 1.29 is 0 Å². The van der Waals surface area contributed by atoms with Crippen molar-refractivity contribution in [2.24, 2.45) is 5.73 Å². The third-order valence-corrected chi connectivity index (χ3v) is 2.82. The van der Waals surface area contributed by atoms with Crippen LogP contribution in [0, 0.1) is 0 Å². The molecule has 0 bridgehead atoms. The Morgan fingerprint density at radius 3 is 3.00 bits per heavy atom. The summed E-state index contributed by atoms with van der Waals surface area (Å²) in [6.07, 6.45) is 3.29. The molecular formula is C7H8N2S2. The van der Waals surface area contributed by atoms with Gasteiger partial charge in [-0.05, 0) is 28.3 Å². The molecule has 0 radical (unpaired) electrons. The minimum Gasteiger partial charge on any atom is -0.404 e. The van der Waals surface area contributed by atoms with Crippen LogP contribution in [0.3, 0.4) is 0 Å². The largest absolute Gasteiger partial charge is 0.404 e. The topological polar surface area (TPSA) is 38.9 Å². The minimum absolute atomic E-state index is 0.996. The first-order chi connectivity index (χ1) is 5.43. The normalized spacial score (nSPS) is 10.5. The second kappa shape index (κ2) is 5.09. The molecule has 1 rings (SSSR count). The molecule has 0 atom stereocenters. The molecule has 0 saturated heterocycles. The van der Waals surface area contributed by atoms with Gasteiger partial charge in [0.2, 0.25) is 0 Å². The summed E-state index contributed by atoms with van der Waals surface area (Å²) in [4.78, 5) is 4.12. The highest BCUT2D eigenvalue weighted by molar-refractivity contribution is 8.77. The molecule has 0 aliphatic rings. The number of nitrogens with two attached hydrogens (primary N) is 1. The monoisotopic (exact) mass is 184 g/mol. The maximum absolute atomic E-state index is 5.16. The van der Waals surface area contributed by atoms with E-state index in [0.717, 1.165) is 5.03 Å². The molecule has 0 saturated carbocycles. The Kier molecular flexibility index (Phi) is 3.93. The molecule has 1 heterocycles. The van der Waals surface area contributed by atoms with E-state index in [0.29, 0.717) is 0 Å². The van der Waals surface area contributed by atoms with Crippen LogP contribution in [0.4, 0.5) is 0 Å². The van der Waals surface area contributed by atoms with Crippen LogP contribution in [0.15, 0.2) is 41.0 Å². The predicted octanol–water partition coefficient (Wildman–Crippen LogP) is 2.25. The third-order valence-electron chi connectivity index (χ3n) is 0.905. The van der Waals surface area contributed by atoms with Crippen LogP contribution in [0.1, 0.15) is 0 Å². The number of hydrogen-bond donors (Lipinski definition) is 1. The van der Waals surface area contributed by atoms with Gasteiger partial charge in [-0.15, -0.1) is 0 Å². The van der Waals surface area contributed by atoms with Gasteiger partial charge in [0.25, 0.3) is 0 Å². The highest BCUT2D eigenvalue weighted by Crippen LogP contribution is 2.29. The van der Waals surface area contributed by atoms with Crippen molar-refractivity contribution in [1.29, 1.82) is 0 Å². The van der Waals surface area contributed by atoms with Crippen molar-refractivity contribution >= 4 is 21.6 Å². The van der Waals surface area contributed by atoms with Gasteiger partial charge in [-0.3, -0.25) is 0 Å². The summed E-state index contributed by atoms with van der Waals surface area (Å²) >= 11 is 0. The molecule has 0 spiro atoms. The van der Waals surface area contributed by atoms with E-state index >= 15 is 0 Å². The Morgan fingerprint density at radius 1 is 1.45 bits per heavy atom. The van der Waals surface area contributed by atoms with Gasteiger partial charge in [-0.25, -0.2) is 4.98 Å². The lowest BCUT2D eigenvalue weighted by Crippen LogP contribution is -1.73. The van der Waals surface area contributed by atoms with Crippen molar-refractivity contribution in [1.82, 2.24) is 4.98 Å². The van der Waals surface area contributed by atoms with E-state index in [9.17, 15) is 0 Å². The second-order valence-corrected chi connectivity index (χ2v) is 3.80. The van der Waals surface area contributed by atoms with Crippen LogP contribution in [0.5, 0.6) is 0 Å². The third kappa shape index (κ3) is 3.34. The summed E-state index contributed by atoms with van der Waals surface area (Å²) < 4.78 is 0. The van der Waals surface area contributed by atoms with Gasteiger partial charge in [-0.2, -0.15) is 0 Å². The average molecular weight is 184 g/mol. The molecule has 1 aromatic rings. The predicted molar refractivity (Wildman–Crippen MR) is 51.0 cm³/mol. The second-order valence-electron chi connectivity index (χ2n) is 1.68. The Bertz CT molecular complexity index is 223. The number of pyridine rings is 1. The zero-order chi connectivity index (χ0) is 7.94. The molecule has 11 heavy (non-hydrogen) atoms. The summed E-state index contributed by atoms with van der Waals surface area (Å²) in [5, 5.41) is 2.81. The van der Waals surface area contributed by atoms with Crippen molar-refractivity contribution in [3.8, 4) is 0 Å². The summed E-state index contributed by atoms with van der Waals surface area (Å²) in [6, 6.07) is 5.82. The molecule has 58 valence electrons. The number of hydrogen-bond acceptors (Lipinski definition) is 4. The standard InChI is InChI=1S/C7H8N2S2/c8-4-6-10-11-7-3-1-2-5-9-7/h1-6H,8H2. The van der Waals surface area contributed by atoms with E-state index in [2.05, 4.69) is 4.98 Å². The van der Waals surface area contributed by atoms with Gasteiger partial charge in [0.15, 0.2) is 0 Å². The van der Waals surface area contributed by atoms with Crippen LogP contribution in [-0.2, 0) is 0 Å². The summed E-state index contributed by atoms with van der Waals surface area (Å²) in [6.45, 7) is 0. The molecule has 2 nitrogen and oxygen atoms in total. The maximum atomic E-state index is 5.16.